The van der Waals surface area contributed by atoms with E-state index in [1.807, 2.05) is 65.0 Å². The molecule has 0 aliphatic carbocycles. The van der Waals surface area contributed by atoms with E-state index in [0.717, 1.165) is 54.4 Å². The monoisotopic (exact) mass is 681 g/mol. The van der Waals surface area contributed by atoms with Crippen molar-refractivity contribution in [2.24, 2.45) is 0 Å². The summed E-state index contributed by atoms with van der Waals surface area (Å²) < 4.78 is 29.9. The van der Waals surface area contributed by atoms with Gasteiger partial charge in [-0.25, -0.2) is 14.8 Å². The lowest BCUT2D eigenvalue weighted by Crippen LogP contribution is -2.49. The Bertz CT molecular complexity index is 1520. The summed E-state index contributed by atoms with van der Waals surface area (Å²) >= 11 is 0. The van der Waals surface area contributed by atoms with Crippen LogP contribution < -0.4 is 9.64 Å². The molecule has 0 spiro atoms. The van der Waals surface area contributed by atoms with Crippen molar-refractivity contribution < 1.29 is 28.0 Å². The molecule has 3 heterocycles. The van der Waals surface area contributed by atoms with Crippen molar-refractivity contribution in [3.63, 3.8) is 0 Å². The van der Waals surface area contributed by atoms with Gasteiger partial charge in [0, 0.05) is 45.0 Å². The number of carbonyl (C=O) groups excluding carboxylic acids is 1. The molecule has 48 heavy (non-hydrogen) atoms. The van der Waals surface area contributed by atoms with Crippen molar-refractivity contribution in [3.8, 4) is 28.4 Å². The molecule has 0 saturated carbocycles. The summed E-state index contributed by atoms with van der Waals surface area (Å²) in [4.78, 5) is 26.7. The first-order chi connectivity index (χ1) is 22.3. The highest BCUT2D eigenvalue weighted by Gasteiger charge is 2.40. The molecule has 1 aromatic carbocycles. The molecule has 2 aromatic heterocycles. The molecule has 12 heteroatoms. The number of amides is 1. The standard InChI is InChI=1S/C36H55N5O6Si/c1-24-32(25(2)46-39-24)30-21-31(41(10)27-16-18-43-19-17-27)38-33(37-30)26-14-13-15-28(20-26)44-23-29(47-48(11,12)36(6,7)8)22-40(9)34(42)45-35(3,4)5/h13-15,20-21,27,29H,16-19,22-23H2,1-12H3. The van der Waals surface area contributed by atoms with Crippen LogP contribution in [0.25, 0.3) is 22.6 Å². The van der Waals surface area contributed by atoms with Crippen LogP contribution in [-0.4, -0.2) is 92.6 Å². The minimum atomic E-state index is -2.20. The van der Waals surface area contributed by atoms with Gasteiger partial charge in [-0.15, -0.1) is 0 Å². The summed E-state index contributed by atoms with van der Waals surface area (Å²) in [5.41, 5.74) is 2.62. The molecule has 11 nitrogen and oxygen atoms in total. The number of rotatable bonds is 11. The predicted octanol–water partition coefficient (Wildman–Crippen LogP) is 7.67. The van der Waals surface area contributed by atoms with E-state index in [9.17, 15) is 4.79 Å². The lowest BCUT2D eigenvalue weighted by Gasteiger charge is -2.40. The van der Waals surface area contributed by atoms with Crippen molar-refractivity contribution in [1.29, 1.82) is 0 Å². The van der Waals surface area contributed by atoms with Gasteiger partial charge in [-0.1, -0.05) is 38.1 Å². The molecule has 264 valence electrons. The molecular formula is C36H55N5O6Si. The number of hydrogen-bond donors (Lipinski definition) is 0. The maximum absolute atomic E-state index is 12.8. The van der Waals surface area contributed by atoms with Crippen molar-refractivity contribution in [2.45, 2.75) is 104 Å². The van der Waals surface area contributed by atoms with Crippen molar-refractivity contribution in [3.05, 3.63) is 41.8 Å². The molecule has 1 aliphatic heterocycles. The van der Waals surface area contributed by atoms with Gasteiger partial charge < -0.3 is 33.0 Å². The number of aromatic nitrogens is 3. The van der Waals surface area contributed by atoms with Gasteiger partial charge in [0.15, 0.2) is 14.1 Å². The number of hydrogen-bond acceptors (Lipinski definition) is 10. The van der Waals surface area contributed by atoms with E-state index in [2.05, 4.69) is 51.0 Å². The number of anilines is 1. The average Bonchev–Trinajstić information content (AvgIpc) is 3.35. The minimum Gasteiger partial charge on any atom is -0.491 e. The highest BCUT2D eigenvalue weighted by atomic mass is 28.4. The van der Waals surface area contributed by atoms with E-state index < -0.39 is 20.0 Å². The quantitative estimate of drug-likeness (QED) is 0.187. The van der Waals surface area contributed by atoms with E-state index in [1.54, 1.807) is 11.9 Å². The highest BCUT2D eigenvalue weighted by Crippen LogP contribution is 2.38. The Balaban J connectivity index is 1.63. The highest BCUT2D eigenvalue weighted by molar-refractivity contribution is 6.74. The minimum absolute atomic E-state index is 0.0191. The van der Waals surface area contributed by atoms with Crippen molar-refractivity contribution >= 4 is 20.2 Å². The fourth-order valence-electron chi connectivity index (χ4n) is 5.33. The van der Waals surface area contributed by atoms with E-state index in [4.69, 9.17) is 33.1 Å². The zero-order valence-corrected chi connectivity index (χ0v) is 32.0. The summed E-state index contributed by atoms with van der Waals surface area (Å²) in [5.74, 6) is 2.76. The van der Waals surface area contributed by atoms with E-state index >= 15 is 0 Å². The average molecular weight is 682 g/mol. The largest absolute Gasteiger partial charge is 0.491 e. The van der Waals surface area contributed by atoms with Gasteiger partial charge in [-0.3, -0.25) is 0 Å². The molecule has 0 N–H and O–H groups in total. The number of benzene rings is 1. The summed E-state index contributed by atoms with van der Waals surface area (Å²) in [6.45, 7) is 22.4. The summed E-state index contributed by atoms with van der Waals surface area (Å²) in [7, 11) is 1.61. The Morgan fingerprint density at radius 3 is 2.33 bits per heavy atom. The molecule has 3 aromatic rings. The Labute approximate surface area is 287 Å². The normalized spacial score (nSPS) is 15.2. The van der Waals surface area contributed by atoms with Gasteiger partial charge in [0.25, 0.3) is 0 Å². The third-order valence-electron chi connectivity index (χ3n) is 9.08. The fraction of sp³-hybridized carbons (Fsp3) is 0.611. The zero-order valence-electron chi connectivity index (χ0n) is 31.0. The van der Waals surface area contributed by atoms with Crippen LogP contribution in [0.1, 0.15) is 65.8 Å². The van der Waals surface area contributed by atoms with Crippen LogP contribution in [0.3, 0.4) is 0 Å². The first-order valence-corrected chi connectivity index (χ1v) is 19.7. The van der Waals surface area contributed by atoms with Crippen molar-refractivity contribution in [2.75, 3.05) is 45.4 Å². The summed E-state index contributed by atoms with van der Waals surface area (Å²) in [6.07, 6.45) is 1.10. The molecule has 1 unspecified atom stereocenters. The van der Waals surface area contributed by atoms with Crippen LogP contribution in [0.2, 0.25) is 18.1 Å². The van der Waals surface area contributed by atoms with Gasteiger partial charge in [-0.2, -0.15) is 0 Å². The Morgan fingerprint density at radius 1 is 1.04 bits per heavy atom. The first kappa shape index (κ1) is 37.3. The first-order valence-electron chi connectivity index (χ1n) is 16.8. The number of likely N-dealkylation sites (N-methyl/N-ethyl adjacent to an activating group) is 1. The summed E-state index contributed by atoms with van der Waals surface area (Å²) in [6, 6.07) is 10.1. The second-order valence-corrected chi connectivity index (χ2v) is 20.0. The smallest absolute Gasteiger partial charge is 0.410 e. The van der Waals surface area contributed by atoms with Gasteiger partial charge >= 0.3 is 6.09 Å². The fourth-order valence-corrected chi connectivity index (χ4v) is 6.66. The lowest BCUT2D eigenvalue weighted by molar-refractivity contribution is 0.0172. The third kappa shape index (κ3) is 9.57. The summed E-state index contributed by atoms with van der Waals surface area (Å²) in [5, 5.41) is 4.16. The van der Waals surface area contributed by atoms with Crippen LogP contribution >= 0.6 is 0 Å². The molecule has 1 atom stereocenters. The Hall–Kier alpha value is -3.48. The van der Waals surface area contributed by atoms with E-state index in [0.29, 0.717) is 29.9 Å². The molecule has 0 bridgehead atoms. The Morgan fingerprint density at radius 2 is 1.73 bits per heavy atom. The molecular weight excluding hydrogens is 627 g/mol. The van der Waals surface area contributed by atoms with Gasteiger partial charge in [0.2, 0.25) is 0 Å². The van der Waals surface area contributed by atoms with Crippen LogP contribution in [0.5, 0.6) is 5.75 Å². The molecule has 1 fully saturated rings. The zero-order chi connectivity index (χ0) is 35.4. The van der Waals surface area contributed by atoms with Gasteiger partial charge in [-0.05, 0) is 77.7 Å². The molecule has 0 radical (unpaired) electrons. The van der Waals surface area contributed by atoms with Crippen molar-refractivity contribution in [1.82, 2.24) is 20.0 Å². The predicted molar refractivity (Wildman–Crippen MR) is 191 cm³/mol. The van der Waals surface area contributed by atoms with Gasteiger partial charge in [0.05, 0.1) is 29.6 Å². The third-order valence-corrected chi connectivity index (χ3v) is 13.6. The second kappa shape index (κ2) is 15.0. The molecule has 1 amide bonds. The van der Waals surface area contributed by atoms with Crippen LogP contribution in [0.15, 0.2) is 34.9 Å². The maximum Gasteiger partial charge on any atom is 0.410 e. The Kier molecular flexibility index (Phi) is 11.6. The topological polar surface area (TPSA) is 112 Å². The number of ether oxygens (including phenoxy) is 3. The maximum atomic E-state index is 12.8. The number of aryl methyl sites for hydroxylation is 2. The SMILES string of the molecule is Cc1noc(C)c1-c1cc(N(C)C2CCOCC2)nc(-c2cccc(OCC(CN(C)C(=O)OC(C)(C)C)O[Si](C)(C)C(C)(C)C)c2)n1. The molecule has 1 aliphatic rings. The number of carbonyl (C=O) groups is 1. The lowest BCUT2D eigenvalue weighted by atomic mass is 10.1. The number of nitrogens with zero attached hydrogens (tertiary/aromatic N) is 5. The van der Waals surface area contributed by atoms with E-state index in [1.165, 1.54) is 0 Å². The van der Waals surface area contributed by atoms with Crippen LogP contribution in [0, 0.1) is 13.8 Å². The molecule has 4 rings (SSSR count). The van der Waals surface area contributed by atoms with Crippen LogP contribution in [0.4, 0.5) is 10.6 Å². The second-order valence-electron chi connectivity index (χ2n) is 15.3. The molecule has 1 saturated heterocycles. The van der Waals surface area contributed by atoms with E-state index in [-0.39, 0.29) is 17.7 Å². The van der Waals surface area contributed by atoms with Gasteiger partial charge in [0.1, 0.15) is 29.5 Å². The van der Waals surface area contributed by atoms with Crippen LogP contribution in [-0.2, 0) is 13.9 Å².